The van der Waals surface area contributed by atoms with E-state index in [0.29, 0.717) is 11.3 Å². The lowest BCUT2D eigenvalue weighted by Crippen LogP contribution is -2.34. The number of carbonyl (C=O) groups excluding carboxylic acids is 1. The van der Waals surface area contributed by atoms with Gasteiger partial charge in [0.25, 0.3) is 5.69 Å². The number of nitrogen functional groups attached to an aromatic ring is 1. The number of nitrogens with zero attached hydrogens (tertiary/aromatic N) is 2. The molecule has 0 unspecified atom stereocenters. The van der Waals surface area contributed by atoms with Crippen LogP contribution in [0.5, 0.6) is 0 Å². The van der Waals surface area contributed by atoms with Gasteiger partial charge >= 0.3 is 6.09 Å². The molecule has 0 heterocycles. The summed E-state index contributed by atoms with van der Waals surface area (Å²) in [5.74, 6) is 0. The summed E-state index contributed by atoms with van der Waals surface area (Å²) in [6.07, 6.45) is -0.547. The molecule has 2 N–H and O–H groups in total. The maximum absolute atomic E-state index is 12.0. The van der Waals surface area contributed by atoms with Crippen LogP contribution in [0.1, 0.15) is 26.3 Å². The van der Waals surface area contributed by atoms with Gasteiger partial charge < -0.3 is 10.5 Å². The van der Waals surface area contributed by atoms with Gasteiger partial charge in [0.15, 0.2) is 0 Å². The first-order valence-electron chi connectivity index (χ1n) is 6.04. The molecule has 0 spiro atoms. The van der Waals surface area contributed by atoms with Crippen molar-refractivity contribution >= 4 is 23.2 Å². The van der Waals surface area contributed by atoms with E-state index in [0.717, 1.165) is 0 Å². The van der Waals surface area contributed by atoms with Crippen molar-refractivity contribution in [3.63, 3.8) is 0 Å². The summed E-state index contributed by atoms with van der Waals surface area (Å²) in [4.78, 5) is 23.5. The number of rotatable bonds is 2. The second-order valence-corrected chi connectivity index (χ2v) is 5.49. The van der Waals surface area contributed by atoms with Gasteiger partial charge in [0.05, 0.1) is 10.6 Å². The van der Waals surface area contributed by atoms with Gasteiger partial charge in [0.1, 0.15) is 11.3 Å². The highest BCUT2D eigenvalue weighted by Gasteiger charge is 2.23. The van der Waals surface area contributed by atoms with Crippen molar-refractivity contribution in [1.82, 2.24) is 0 Å². The number of nitro groups is 1. The molecule has 0 bridgehead atoms. The summed E-state index contributed by atoms with van der Waals surface area (Å²) in [5.41, 5.74) is 5.89. The number of carbonyl (C=O) groups is 1. The zero-order chi connectivity index (χ0) is 15.7. The molecule has 1 aromatic rings. The molecular formula is C13H19N3O4. The van der Waals surface area contributed by atoms with Gasteiger partial charge in [0.2, 0.25) is 0 Å². The first-order chi connectivity index (χ1) is 9.03. The maximum Gasteiger partial charge on any atom is 0.414 e. The average molecular weight is 281 g/mol. The van der Waals surface area contributed by atoms with Crippen LogP contribution in [-0.2, 0) is 4.74 Å². The molecule has 0 atom stereocenters. The van der Waals surface area contributed by atoms with E-state index in [9.17, 15) is 14.9 Å². The number of aryl methyl sites for hydroxylation is 1. The number of ether oxygens (including phenoxy) is 1. The SMILES string of the molecule is Cc1cc([N+](=O)[O-])c(N)cc1N(C)C(=O)OC(C)(C)C. The minimum absolute atomic E-state index is 0.00556. The van der Waals surface area contributed by atoms with Gasteiger partial charge in [-0.2, -0.15) is 0 Å². The van der Waals surface area contributed by atoms with E-state index >= 15 is 0 Å². The van der Waals surface area contributed by atoms with E-state index in [1.54, 1.807) is 27.7 Å². The predicted molar refractivity (Wildman–Crippen MR) is 76.9 cm³/mol. The van der Waals surface area contributed by atoms with Crippen LogP contribution in [0.25, 0.3) is 0 Å². The van der Waals surface area contributed by atoms with Crippen LogP contribution in [0, 0.1) is 17.0 Å². The molecule has 7 nitrogen and oxygen atoms in total. The van der Waals surface area contributed by atoms with E-state index in [4.69, 9.17) is 10.5 Å². The van der Waals surface area contributed by atoms with Gasteiger partial charge in [-0.15, -0.1) is 0 Å². The molecule has 0 aromatic heterocycles. The summed E-state index contributed by atoms with van der Waals surface area (Å²) < 4.78 is 5.24. The Morgan fingerprint density at radius 3 is 2.40 bits per heavy atom. The van der Waals surface area contributed by atoms with Crippen molar-refractivity contribution in [2.45, 2.75) is 33.3 Å². The molecule has 1 aromatic carbocycles. The van der Waals surface area contributed by atoms with Gasteiger partial charge in [0, 0.05) is 13.1 Å². The normalized spacial score (nSPS) is 11.1. The van der Waals surface area contributed by atoms with Crippen molar-refractivity contribution in [3.8, 4) is 0 Å². The van der Waals surface area contributed by atoms with Crippen molar-refractivity contribution < 1.29 is 14.5 Å². The molecule has 1 rings (SSSR count). The van der Waals surface area contributed by atoms with Gasteiger partial charge in [-0.1, -0.05) is 0 Å². The minimum atomic E-state index is -0.619. The number of benzene rings is 1. The second-order valence-electron chi connectivity index (χ2n) is 5.49. The summed E-state index contributed by atoms with van der Waals surface area (Å²) in [5, 5.41) is 10.8. The molecule has 110 valence electrons. The van der Waals surface area contributed by atoms with Crippen LogP contribution in [-0.4, -0.2) is 23.7 Å². The van der Waals surface area contributed by atoms with E-state index in [2.05, 4.69) is 0 Å². The number of anilines is 2. The first kappa shape index (κ1) is 15.7. The Bertz CT molecular complexity index is 549. The van der Waals surface area contributed by atoms with E-state index in [-0.39, 0.29) is 11.4 Å². The molecule has 0 saturated heterocycles. The highest BCUT2D eigenvalue weighted by molar-refractivity contribution is 5.89. The average Bonchev–Trinajstić information content (AvgIpc) is 2.28. The Labute approximate surface area is 117 Å². The molecule has 0 aliphatic heterocycles. The van der Waals surface area contributed by atoms with Crippen molar-refractivity contribution in [1.29, 1.82) is 0 Å². The van der Waals surface area contributed by atoms with Gasteiger partial charge in [-0.05, 0) is 39.3 Å². The van der Waals surface area contributed by atoms with Crippen LogP contribution in [0.3, 0.4) is 0 Å². The van der Waals surface area contributed by atoms with Crippen LogP contribution in [0.4, 0.5) is 21.9 Å². The van der Waals surface area contributed by atoms with Gasteiger partial charge in [-0.3, -0.25) is 15.0 Å². The fourth-order valence-corrected chi connectivity index (χ4v) is 1.65. The topological polar surface area (TPSA) is 98.7 Å². The summed E-state index contributed by atoms with van der Waals surface area (Å²) >= 11 is 0. The van der Waals surface area contributed by atoms with Crippen molar-refractivity contribution in [2.75, 3.05) is 17.7 Å². The first-order valence-corrected chi connectivity index (χ1v) is 6.04. The molecule has 0 saturated carbocycles. The zero-order valence-electron chi connectivity index (χ0n) is 12.3. The second kappa shape index (κ2) is 5.36. The molecular weight excluding hydrogens is 262 g/mol. The van der Waals surface area contributed by atoms with Crippen LogP contribution in [0.15, 0.2) is 12.1 Å². The third kappa shape index (κ3) is 3.59. The Morgan fingerprint density at radius 1 is 1.40 bits per heavy atom. The highest BCUT2D eigenvalue weighted by atomic mass is 16.6. The lowest BCUT2D eigenvalue weighted by molar-refractivity contribution is -0.383. The Morgan fingerprint density at radius 2 is 1.95 bits per heavy atom. The summed E-state index contributed by atoms with van der Waals surface area (Å²) in [7, 11) is 1.53. The standard InChI is InChI=1S/C13H19N3O4/c1-8-6-11(16(18)19)9(14)7-10(8)15(5)12(17)20-13(2,3)4/h6-7H,14H2,1-5H3. The number of hydrogen-bond donors (Lipinski definition) is 1. The lowest BCUT2D eigenvalue weighted by atomic mass is 10.1. The Hall–Kier alpha value is -2.31. The van der Waals surface area contributed by atoms with Crippen LogP contribution < -0.4 is 10.6 Å². The maximum atomic E-state index is 12.0. The Balaban J connectivity index is 3.11. The third-order valence-electron chi connectivity index (χ3n) is 2.57. The Kier molecular flexibility index (Phi) is 4.22. The smallest absolute Gasteiger partial charge is 0.414 e. The number of hydrogen-bond acceptors (Lipinski definition) is 5. The monoisotopic (exact) mass is 281 g/mol. The lowest BCUT2D eigenvalue weighted by Gasteiger charge is -2.25. The van der Waals surface area contributed by atoms with E-state index < -0.39 is 16.6 Å². The van der Waals surface area contributed by atoms with Crippen LogP contribution >= 0.6 is 0 Å². The fraction of sp³-hybridized carbons (Fsp3) is 0.462. The molecule has 0 aliphatic carbocycles. The van der Waals surface area contributed by atoms with Crippen molar-refractivity contribution in [3.05, 3.63) is 27.8 Å². The molecule has 0 fully saturated rings. The van der Waals surface area contributed by atoms with Crippen molar-refractivity contribution in [2.24, 2.45) is 0 Å². The van der Waals surface area contributed by atoms with E-state index in [1.165, 1.54) is 24.1 Å². The summed E-state index contributed by atoms with van der Waals surface area (Å²) in [6, 6.07) is 2.74. The number of nitro benzene ring substituents is 1. The number of amides is 1. The van der Waals surface area contributed by atoms with E-state index in [1.807, 2.05) is 0 Å². The third-order valence-corrected chi connectivity index (χ3v) is 2.57. The largest absolute Gasteiger partial charge is 0.443 e. The minimum Gasteiger partial charge on any atom is -0.443 e. The van der Waals surface area contributed by atoms with Gasteiger partial charge in [-0.25, -0.2) is 4.79 Å². The highest BCUT2D eigenvalue weighted by Crippen LogP contribution is 2.31. The quantitative estimate of drug-likeness (QED) is 0.510. The molecule has 1 amide bonds. The molecule has 7 heteroatoms. The fourth-order valence-electron chi connectivity index (χ4n) is 1.65. The number of nitrogens with two attached hydrogens (primary N) is 1. The predicted octanol–water partition coefficient (Wildman–Crippen LogP) is 2.86. The molecule has 0 aliphatic rings. The zero-order valence-corrected chi connectivity index (χ0v) is 12.3. The molecule has 20 heavy (non-hydrogen) atoms. The molecule has 0 radical (unpaired) electrons. The van der Waals surface area contributed by atoms with Crippen LogP contribution in [0.2, 0.25) is 0 Å². The summed E-state index contributed by atoms with van der Waals surface area (Å²) in [6.45, 7) is 6.95.